The molecule has 2 rings (SSSR count). The van der Waals surface area contributed by atoms with E-state index in [9.17, 15) is 9.59 Å². The zero-order chi connectivity index (χ0) is 20.7. The number of benzene rings is 2. The van der Waals surface area contributed by atoms with Crippen LogP contribution in [0, 0.1) is 0 Å². The molecule has 0 saturated heterocycles. The Labute approximate surface area is 174 Å². The summed E-state index contributed by atoms with van der Waals surface area (Å²) in [5.41, 5.74) is 0.662. The van der Waals surface area contributed by atoms with E-state index < -0.39 is 6.04 Å². The molecule has 0 saturated carbocycles. The molecule has 5 heteroatoms. The summed E-state index contributed by atoms with van der Waals surface area (Å²) in [4.78, 5) is 27.5. The molecule has 0 radical (unpaired) electrons. The van der Waals surface area contributed by atoms with E-state index in [0.717, 1.165) is 5.56 Å². The number of nitrogens with zero attached hydrogens (tertiary/aromatic N) is 1. The van der Waals surface area contributed by atoms with E-state index in [1.54, 1.807) is 11.8 Å². The van der Waals surface area contributed by atoms with Crippen LogP contribution in [0.2, 0.25) is 4.82 Å². The van der Waals surface area contributed by atoms with Gasteiger partial charge in [0, 0.05) is 0 Å². The van der Waals surface area contributed by atoms with Gasteiger partial charge in [-0.15, -0.1) is 0 Å². The second-order valence-electron chi connectivity index (χ2n) is 7.95. The quantitative estimate of drug-likeness (QED) is 0.666. The van der Waals surface area contributed by atoms with Crippen LogP contribution in [-0.4, -0.2) is 43.3 Å². The van der Waals surface area contributed by atoms with E-state index in [2.05, 4.69) is 24.4 Å². The second kappa shape index (κ2) is 9.90. The number of hydrogen-bond donors (Lipinski definition) is 1. The Morgan fingerprint density at radius 3 is 2.04 bits per heavy atom. The Balaban J connectivity index is 2.33. The Morgan fingerprint density at radius 1 is 1.00 bits per heavy atom. The van der Waals surface area contributed by atoms with Gasteiger partial charge in [0.25, 0.3) is 0 Å². The molecule has 4 nitrogen and oxygen atoms in total. The van der Waals surface area contributed by atoms with Crippen molar-refractivity contribution < 1.29 is 9.59 Å². The van der Waals surface area contributed by atoms with Crippen molar-refractivity contribution >= 4 is 31.2 Å². The van der Waals surface area contributed by atoms with E-state index in [1.165, 1.54) is 4.46 Å². The number of carbonyl (C=O) groups excluding carboxylic acids is 2. The van der Waals surface area contributed by atoms with Gasteiger partial charge in [0.1, 0.15) is 0 Å². The molecule has 0 aliphatic heterocycles. The van der Waals surface area contributed by atoms with Crippen molar-refractivity contribution in [3.8, 4) is 0 Å². The van der Waals surface area contributed by atoms with Gasteiger partial charge in [-0.2, -0.15) is 0 Å². The fourth-order valence-electron chi connectivity index (χ4n) is 3.02. The molecular weight excluding hydrogens is 415 g/mol. The van der Waals surface area contributed by atoms with Crippen LogP contribution in [-0.2, 0) is 16.1 Å². The van der Waals surface area contributed by atoms with Crippen molar-refractivity contribution in [2.24, 2.45) is 0 Å². The number of amides is 2. The number of carbonyl (C=O) groups is 2. The summed E-state index contributed by atoms with van der Waals surface area (Å²) in [6.45, 7) is 9.93. The fourth-order valence-corrected chi connectivity index (χ4v) is 5.41. The van der Waals surface area contributed by atoms with Crippen LogP contribution in [0.15, 0.2) is 60.7 Å². The number of nitrogens with one attached hydrogen (secondary N) is 1. The van der Waals surface area contributed by atoms with Crippen LogP contribution in [0.4, 0.5) is 0 Å². The molecule has 28 heavy (non-hydrogen) atoms. The first-order valence-corrected chi connectivity index (χ1v) is 11.4. The van der Waals surface area contributed by atoms with Gasteiger partial charge in [0.2, 0.25) is 0 Å². The van der Waals surface area contributed by atoms with Gasteiger partial charge in [0.05, 0.1) is 0 Å². The third-order valence-electron chi connectivity index (χ3n) is 4.21. The normalized spacial score (nSPS) is 13.5. The standard InChI is InChI=1S/C23H30N2O2Se/c1-17(28-20-14-10-7-11-15-20)21(22(27)24-23(3,4)5)25(18(2)26)16-19-12-8-6-9-13-19/h6-15,17,21H,16H2,1-5H3,(H,24,27)/t17-,21?/m0/s1. The monoisotopic (exact) mass is 446 g/mol. The van der Waals surface area contributed by atoms with Crippen LogP contribution in [0.25, 0.3) is 0 Å². The van der Waals surface area contributed by atoms with Crippen molar-refractivity contribution in [3.05, 3.63) is 66.2 Å². The summed E-state index contributed by atoms with van der Waals surface area (Å²) in [5, 5.41) is 3.08. The number of hydrogen-bond acceptors (Lipinski definition) is 2. The molecule has 2 amide bonds. The number of rotatable bonds is 7. The Bertz CT molecular complexity index is 772. The van der Waals surface area contributed by atoms with Gasteiger partial charge in [-0.3, -0.25) is 0 Å². The Morgan fingerprint density at radius 2 is 1.54 bits per heavy atom. The van der Waals surface area contributed by atoms with Gasteiger partial charge in [0.15, 0.2) is 0 Å². The van der Waals surface area contributed by atoms with Gasteiger partial charge in [-0.05, 0) is 0 Å². The van der Waals surface area contributed by atoms with Crippen molar-refractivity contribution in [1.29, 1.82) is 0 Å². The first kappa shape index (κ1) is 22.2. The van der Waals surface area contributed by atoms with E-state index >= 15 is 0 Å². The maximum absolute atomic E-state index is 13.2. The van der Waals surface area contributed by atoms with Crippen molar-refractivity contribution in [2.75, 3.05) is 0 Å². The molecule has 0 aliphatic rings. The van der Waals surface area contributed by atoms with Crippen LogP contribution in [0.1, 0.15) is 40.2 Å². The van der Waals surface area contributed by atoms with Crippen molar-refractivity contribution in [3.63, 3.8) is 0 Å². The average molecular weight is 445 g/mol. The molecule has 0 aromatic heterocycles. The van der Waals surface area contributed by atoms with Crippen LogP contribution in [0.3, 0.4) is 0 Å². The minimum absolute atomic E-state index is 0.0323. The summed E-state index contributed by atoms with van der Waals surface area (Å²) in [7, 11) is 0. The Hall–Kier alpha value is -2.10. The predicted octanol–water partition coefficient (Wildman–Crippen LogP) is 3.16. The summed E-state index contributed by atoms with van der Waals surface area (Å²) >= 11 is 0.0611. The average Bonchev–Trinajstić information content (AvgIpc) is 2.61. The van der Waals surface area contributed by atoms with E-state index in [1.807, 2.05) is 69.3 Å². The topological polar surface area (TPSA) is 49.4 Å². The summed E-state index contributed by atoms with van der Waals surface area (Å²) in [6, 6.07) is 19.5. The third-order valence-corrected chi connectivity index (χ3v) is 6.68. The van der Waals surface area contributed by atoms with Crippen LogP contribution >= 0.6 is 0 Å². The van der Waals surface area contributed by atoms with Gasteiger partial charge >= 0.3 is 175 Å². The van der Waals surface area contributed by atoms with E-state index in [0.29, 0.717) is 6.54 Å². The molecule has 0 fully saturated rings. The van der Waals surface area contributed by atoms with Crippen molar-refractivity contribution in [1.82, 2.24) is 10.2 Å². The fraction of sp³-hybridized carbons (Fsp3) is 0.391. The molecule has 1 N–H and O–H groups in total. The second-order valence-corrected chi connectivity index (χ2v) is 11.0. The maximum atomic E-state index is 13.2. The molecule has 2 aromatic carbocycles. The molecule has 2 atom stereocenters. The molecule has 0 spiro atoms. The van der Waals surface area contributed by atoms with Crippen molar-refractivity contribution in [2.45, 2.75) is 57.6 Å². The van der Waals surface area contributed by atoms with Gasteiger partial charge in [-0.25, -0.2) is 0 Å². The predicted molar refractivity (Wildman–Crippen MR) is 116 cm³/mol. The summed E-state index contributed by atoms with van der Waals surface area (Å²) in [6.07, 6.45) is 0. The zero-order valence-electron chi connectivity index (χ0n) is 17.3. The SMILES string of the molecule is CC(=O)N(Cc1ccccc1)C(C(=O)NC(C)(C)C)[C@H](C)[Se]c1ccccc1. The molecule has 150 valence electrons. The Kier molecular flexibility index (Phi) is 7.85. The first-order valence-electron chi connectivity index (χ1n) is 9.52. The summed E-state index contributed by atoms with van der Waals surface area (Å²) < 4.78 is 1.22. The minimum atomic E-state index is -0.517. The molecule has 0 heterocycles. The molecule has 0 bridgehead atoms. The molecule has 1 unspecified atom stereocenters. The molecule has 0 aliphatic carbocycles. The molecule has 2 aromatic rings. The van der Waals surface area contributed by atoms with Gasteiger partial charge < -0.3 is 0 Å². The van der Waals surface area contributed by atoms with E-state index in [-0.39, 0.29) is 37.1 Å². The third kappa shape index (κ3) is 6.81. The molecular formula is C23H30N2O2Se. The first-order chi connectivity index (χ1) is 13.2. The van der Waals surface area contributed by atoms with Crippen LogP contribution in [0.5, 0.6) is 0 Å². The zero-order valence-corrected chi connectivity index (χ0v) is 19.0. The van der Waals surface area contributed by atoms with Crippen LogP contribution < -0.4 is 9.78 Å². The summed E-state index contributed by atoms with van der Waals surface area (Å²) in [5.74, 6) is -0.183. The van der Waals surface area contributed by atoms with E-state index in [4.69, 9.17) is 0 Å². The van der Waals surface area contributed by atoms with Gasteiger partial charge in [-0.1, -0.05) is 0 Å².